The largest absolute Gasteiger partial charge is 0.330 e. The van der Waals surface area contributed by atoms with E-state index in [1.165, 1.54) is 11.8 Å². The van der Waals surface area contributed by atoms with Crippen LogP contribution in [0.1, 0.15) is 38.5 Å². The summed E-state index contributed by atoms with van der Waals surface area (Å²) in [6, 6.07) is 0. The predicted octanol–water partition coefficient (Wildman–Crippen LogP) is 1.93. The van der Waals surface area contributed by atoms with Crippen LogP contribution in [0, 0.1) is 10.8 Å². The van der Waals surface area contributed by atoms with E-state index in [-0.39, 0.29) is 0 Å². The maximum atomic E-state index is 7.63. The molecule has 0 atom stereocenters. The van der Waals surface area contributed by atoms with Gasteiger partial charge in [-0.1, -0.05) is 11.8 Å². The van der Waals surface area contributed by atoms with Crippen LogP contribution in [0.2, 0.25) is 0 Å². The summed E-state index contributed by atoms with van der Waals surface area (Å²) in [6.07, 6.45) is 5.34. The molecule has 0 aliphatic carbocycles. The van der Waals surface area contributed by atoms with Crippen LogP contribution in [0.3, 0.4) is 0 Å². The minimum atomic E-state index is 0.584. The Labute approximate surface area is 96.2 Å². The molecule has 0 aromatic heterocycles. The Balaban J connectivity index is 3.45. The fourth-order valence-electron chi connectivity index (χ4n) is 1.11. The molecule has 0 radical (unpaired) electrons. The van der Waals surface area contributed by atoms with Gasteiger partial charge in [0.25, 0.3) is 0 Å². The van der Waals surface area contributed by atoms with Crippen molar-refractivity contribution in [3.05, 3.63) is 0 Å². The molecule has 0 saturated carbocycles. The highest BCUT2D eigenvalue weighted by Crippen LogP contribution is 2.14. The van der Waals surface area contributed by atoms with Crippen molar-refractivity contribution in [1.29, 1.82) is 10.8 Å². The molecule has 0 aromatic carbocycles. The Kier molecular flexibility index (Phi) is 9.88. The number of nitrogens with two attached hydrogens (primary N) is 2. The number of rotatable bonds is 8. The summed E-state index contributed by atoms with van der Waals surface area (Å²) < 4.78 is 0. The third kappa shape index (κ3) is 9.90. The van der Waals surface area contributed by atoms with Gasteiger partial charge in [-0.3, -0.25) is 10.8 Å². The van der Waals surface area contributed by atoms with E-state index in [4.69, 9.17) is 22.3 Å². The first kappa shape index (κ1) is 14.6. The van der Waals surface area contributed by atoms with E-state index in [1.54, 1.807) is 0 Å². The Bertz CT molecular complexity index is 174. The van der Waals surface area contributed by atoms with Gasteiger partial charge in [-0.2, -0.15) is 0 Å². The van der Waals surface area contributed by atoms with Gasteiger partial charge in [-0.05, 0) is 51.6 Å². The predicted molar refractivity (Wildman–Crippen MR) is 68.9 cm³/mol. The van der Waals surface area contributed by atoms with E-state index in [0.717, 1.165) is 38.5 Å². The lowest BCUT2D eigenvalue weighted by molar-refractivity contribution is 0.774. The van der Waals surface area contributed by atoms with E-state index in [0.29, 0.717) is 23.2 Å². The molecule has 0 aromatic rings. The molecule has 0 rings (SSSR count). The first-order valence-electron chi connectivity index (χ1n) is 5.43. The van der Waals surface area contributed by atoms with Crippen LogP contribution in [0.5, 0.6) is 0 Å². The van der Waals surface area contributed by atoms with E-state index in [9.17, 15) is 0 Å². The fourth-order valence-corrected chi connectivity index (χ4v) is 1.90. The first-order valence-corrected chi connectivity index (χ1v) is 6.25. The van der Waals surface area contributed by atoms with Crippen molar-refractivity contribution in [2.24, 2.45) is 11.5 Å². The lowest BCUT2D eigenvalue weighted by Gasteiger charge is -2.04. The normalized spacial score (nSPS) is 10.3. The molecule has 0 unspecified atom stereocenters. The molecule has 0 heterocycles. The molecule has 0 saturated heterocycles. The molecule has 0 aliphatic heterocycles. The van der Waals surface area contributed by atoms with E-state index < -0.39 is 0 Å². The van der Waals surface area contributed by atoms with Crippen LogP contribution in [0.15, 0.2) is 0 Å². The number of thioether (sulfide) groups is 1. The van der Waals surface area contributed by atoms with E-state index in [1.807, 2.05) is 0 Å². The monoisotopic (exact) mass is 230 g/mol. The Morgan fingerprint density at radius 3 is 1.53 bits per heavy atom. The van der Waals surface area contributed by atoms with Crippen LogP contribution in [-0.2, 0) is 0 Å². The highest BCUT2D eigenvalue weighted by atomic mass is 32.2. The molecule has 15 heavy (non-hydrogen) atoms. The lowest BCUT2D eigenvalue weighted by atomic mass is 10.2. The maximum Gasteiger partial charge on any atom is 0.0700 e. The van der Waals surface area contributed by atoms with E-state index in [2.05, 4.69) is 0 Å². The molecule has 0 bridgehead atoms. The molecule has 0 aliphatic rings. The average Bonchev–Trinajstić information content (AvgIpc) is 2.18. The highest BCUT2D eigenvalue weighted by molar-refractivity contribution is 8.26. The van der Waals surface area contributed by atoms with Crippen LogP contribution >= 0.6 is 11.8 Å². The second-order valence-corrected chi connectivity index (χ2v) is 4.63. The zero-order chi connectivity index (χ0) is 11.5. The molecule has 88 valence electrons. The summed E-state index contributed by atoms with van der Waals surface area (Å²) in [6.45, 7) is 1.37. The van der Waals surface area contributed by atoms with Crippen LogP contribution in [0.25, 0.3) is 0 Å². The van der Waals surface area contributed by atoms with Crippen molar-refractivity contribution >= 4 is 21.8 Å². The summed E-state index contributed by atoms with van der Waals surface area (Å²) >= 11 is 1.29. The minimum absolute atomic E-state index is 0.584. The summed E-state index contributed by atoms with van der Waals surface area (Å²) in [7, 11) is 0. The molecule has 4 nitrogen and oxygen atoms in total. The van der Waals surface area contributed by atoms with Gasteiger partial charge < -0.3 is 11.5 Å². The fraction of sp³-hybridized carbons (Fsp3) is 0.800. The van der Waals surface area contributed by atoms with Gasteiger partial charge in [-0.25, -0.2) is 0 Å². The Hall–Kier alpha value is -0.390. The van der Waals surface area contributed by atoms with Crippen molar-refractivity contribution in [2.75, 3.05) is 13.1 Å². The SMILES string of the molecule is N=C(CCCCN)SC(=N)CCCCN. The zero-order valence-electron chi connectivity index (χ0n) is 9.22. The molecule has 0 fully saturated rings. The molecule has 5 heteroatoms. The van der Waals surface area contributed by atoms with Crippen LogP contribution in [-0.4, -0.2) is 23.2 Å². The lowest BCUT2D eigenvalue weighted by Crippen LogP contribution is -2.03. The molecular weight excluding hydrogens is 208 g/mol. The second kappa shape index (κ2) is 10.1. The van der Waals surface area contributed by atoms with Gasteiger partial charge in [0, 0.05) is 0 Å². The first-order chi connectivity index (χ1) is 7.20. The maximum absolute atomic E-state index is 7.63. The zero-order valence-corrected chi connectivity index (χ0v) is 10.0. The summed E-state index contributed by atoms with van der Waals surface area (Å²) in [5.74, 6) is 0. The average molecular weight is 230 g/mol. The van der Waals surface area contributed by atoms with Crippen molar-refractivity contribution < 1.29 is 0 Å². The molecule has 6 N–H and O–H groups in total. The van der Waals surface area contributed by atoms with Gasteiger partial charge in [0.15, 0.2) is 0 Å². The molecule has 0 amide bonds. The van der Waals surface area contributed by atoms with Crippen molar-refractivity contribution in [1.82, 2.24) is 0 Å². The third-order valence-corrected chi connectivity index (χ3v) is 2.86. The number of unbranched alkanes of at least 4 members (excludes halogenated alkanes) is 2. The van der Waals surface area contributed by atoms with Crippen LogP contribution < -0.4 is 11.5 Å². The standard InChI is InChI=1S/C10H22N4S/c11-7-3-1-5-9(13)15-10(14)6-2-4-8-12/h13-14H,1-8,11-12H2. The number of nitrogens with one attached hydrogen (secondary N) is 2. The molecule has 0 spiro atoms. The topological polar surface area (TPSA) is 99.7 Å². The van der Waals surface area contributed by atoms with Crippen molar-refractivity contribution in [3.8, 4) is 0 Å². The summed E-state index contributed by atoms with van der Waals surface area (Å²) in [5.41, 5.74) is 10.7. The van der Waals surface area contributed by atoms with Crippen LogP contribution in [0.4, 0.5) is 0 Å². The van der Waals surface area contributed by atoms with Gasteiger partial charge in [-0.15, -0.1) is 0 Å². The Morgan fingerprint density at radius 2 is 1.20 bits per heavy atom. The Morgan fingerprint density at radius 1 is 0.800 bits per heavy atom. The molecular formula is C10H22N4S. The van der Waals surface area contributed by atoms with Gasteiger partial charge >= 0.3 is 0 Å². The number of hydrogen-bond acceptors (Lipinski definition) is 5. The minimum Gasteiger partial charge on any atom is -0.330 e. The quantitative estimate of drug-likeness (QED) is 0.291. The van der Waals surface area contributed by atoms with Crippen molar-refractivity contribution in [3.63, 3.8) is 0 Å². The second-order valence-electron chi connectivity index (χ2n) is 3.44. The smallest absolute Gasteiger partial charge is 0.0700 e. The van der Waals surface area contributed by atoms with Gasteiger partial charge in [0.2, 0.25) is 0 Å². The highest BCUT2D eigenvalue weighted by Gasteiger charge is 2.03. The third-order valence-electron chi connectivity index (χ3n) is 1.96. The van der Waals surface area contributed by atoms with E-state index >= 15 is 0 Å². The number of hydrogen-bond donors (Lipinski definition) is 4. The summed E-state index contributed by atoms with van der Waals surface area (Å²) in [4.78, 5) is 0. The van der Waals surface area contributed by atoms with Gasteiger partial charge in [0.05, 0.1) is 10.1 Å². The summed E-state index contributed by atoms with van der Waals surface area (Å²) in [5, 5.41) is 16.4. The van der Waals surface area contributed by atoms with Gasteiger partial charge in [0.1, 0.15) is 0 Å². The van der Waals surface area contributed by atoms with Crippen molar-refractivity contribution in [2.45, 2.75) is 38.5 Å².